The molecule has 98 valence electrons. The van der Waals surface area contributed by atoms with Crippen LogP contribution >= 0.6 is 0 Å². The summed E-state index contributed by atoms with van der Waals surface area (Å²) < 4.78 is 4.96. The molecular formula is C15H21NO2. The number of hydrogen-bond donors (Lipinski definition) is 1. The van der Waals surface area contributed by atoms with Crippen LogP contribution in [0.2, 0.25) is 0 Å². The van der Waals surface area contributed by atoms with Gasteiger partial charge in [-0.15, -0.1) is 0 Å². The molecule has 0 spiro atoms. The molecule has 3 heteroatoms. The highest BCUT2D eigenvalue weighted by atomic mass is 16.5. The Morgan fingerprint density at radius 1 is 1.44 bits per heavy atom. The van der Waals surface area contributed by atoms with E-state index in [1.165, 1.54) is 11.1 Å². The molecule has 3 nitrogen and oxygen atoms in total. The van der Waals surface area contributed by atoms with Crippen LogP contribution < -0.4 is 5.32 Å². The average Bonchev–Trinajstić information content (AvgIpc) is 2.56. The fourth-order valence-corrected chi connectivity index (χ4v) is 2.77. The summed E-state index contributed by atoms with van der Waals surface area (Å²) in [6.45, 7) is 7.00. The summed E-state index contributed by atoms with van der Waals surface area (Å²) in [5.74, 6) is -0.183. The van der Waals surface area contributed by atoms with Crippen LogP contribution in [0.25, 0.3) is 0 Å². The molecule has 0 amide bonds. The Bertz CT molecular complexity index is 440. The zero-order chi connectivity index (χ0) is 13.2. The van der Waals surface area contributed by atoms with Gasteiger partial charge in [-0.3, -0.25) is 10.1 Å². The van der Waals surface area contributed by atoms with Crippen LogP contribution in [0, 0.1) is 5.41 Å². The SMILES string of the molecule is CCOC(=O)CNC1c2ccccc2CC1(C)C. The predicted octanol–water partition coefficient (Wildman–Crippen LogP) is 2.46. The Labute approximate surface area is 109 Å². The first-order valence-electron chi connectivity index (χ1n) is 6.51. The zero-order valence-corrected chi connectivity index (χ0v) is 11.3. The number of hydrogen-bond acceptors (Lipinski definition) is 3. The molecule has 18 heavy (non-hydrogen) atoms. The largest absolute Gasteiger partial charge is 0.465 e. The van der Waals surface area contributed by atoms with Gasteiger partial charge in [-0.25, -0.2) is 0 Å². The van der Waals surface area contributed by atoms with Crippen LogP contribution in [0.15, 0.2) is 24.3 Å². The molecule has 1 atom stereocenters. The van der Waals surface area contributed by atoms with Crippen molar-refractivity contribution in [1.82, 2.24) is 5.32 Å². The van der Waals surface area contributed by atoms with E-state index < -0.39 is 0 Å². The van der Waals surface area contributed by atoms with Gasteiger partial charge in [0.2, 0.25) is 0 Å². The Morgan fingerprint density at radius 3 is 2.89 bits per heavy atom. The van der Waals surface area contributed by atoms with E-state index in [2.05, 4.69) is 43.4 Å². The van der Waals surface area contributed by atoms with Crippen LogP contribution in [-0.4, -0.2) is 19.1 Å². The topological polar surface area (TPSA) is 38.3 Å². The van der Waals surface area contributed by atoms with E-state index in [-0.39, 0.29) is 24.0 Å². The molecule has 0 bridgehead atoms. The standard InChI is InChI=1S/C15H21NO2/c1-4-18-13(17)10-16-14-12-8-6-5-7-11(12)9-15(14,2)3/h5-8,14,16H,4,9-10H2,1-3H3. The lowest BCUT2D eigenvalue weighted by Gasteiger charge is -2.28. The van der Waals surface area contributed by atoms with Crippen molar-refractivity contribution in [3.05, 3.63) is 35.4 Å². The molecule has 1 aromatic carbocycles. The van der Waals surface area contributed by atoms with Gasteiger partial charge in [0.15, 0.2) is 0 Å². The lowest BCUT2D eigenvalue weighted by molar-refractivity contribution is -0.142. The molecule has 0 saturated heterocycles. The summed E-state index contributed by atoms with van der Waals surface area (Å²) in [4.78, 5) is 11.4. The second-order valence-electron chi connectivity index (χ2n) is 5.48. The Balaban J connectivity index is 2.09. The second kappa shape index (κ2) is 5.11. The molecule has 0 radical (unpaired) electrons. The highest BCUT2D eigenvalue weighted by Gasteiger charge is 2.38. The summed E-state index contributed by atoms with van der Waals surface area (Å²) in [7, 11) is 0. The van der Waals surface area contributed by atoms with E-state index >= 15 is 0 Å². The van der Waals surface area contributed by atoms with Crippen LogP contribution in [0.4, 0.5) is 0 Å². The summed E-state index contributed by atoms with van der Waals surface area (Å²) in [5, 5.41) is 3.34. The van der Waals surface area contributed by atoms with Crippen molar-refractivity contribution in [3.63, 3.8) is 0 Å². The minimum atomic E-state index is -0.183. The van der Waals surface area contributed by atoms with Gasteiger partial charge in [0.1, 0.15) is 0 Å². The first kappa shape index (κ1) is 13.1. The fraction of sp³-hybridized carbons (Fsp3) is 0.533. The smallest absolute Gasteiger partial charge is 0.319 e. The van der Waals surface area contributed by atoms with Crippen molar-refractivity contribution in [3.8, 4) is 0 Å². The molecule has 0 aliphatic heterocycles. The number of nitrogens with one attached hydrogen (secondary N) is 1. The van der Waals surface area contributed by atoms with Crippen LogP contribution in [0.1, 0.15) is 37.9 Å². The molecule has 0 fully saturated rings. The van der Waals surface area contributed by atoms with Gasteiger partial charge < -0.3 is 4.74 Å². The van der Waals surface area contributed by atoms with Gasteiger partial charge in [-0.1, -0.05) is 38.1 Å². The molecule has 0 aromatic heterocycles. The number of carbonyl (C=O) groups excluding carboxylic acids is 1. The average molecular weight is 247 g/mol. The third kappa shape index (κ3) is 2.56. The lowest BCUT2D eigenvalue weighted by atomic mass is 9.85. The second-order valence-corrected chi connectivity index (χ2v) is 5.48. The highest BCUT2D eigenvalue weighted by molar-refractivity contribution is 5.71. The minimum Gasteiger partial charge on any atom is -0.465 e. The molecule has 0 saturated carbocycles. The van der Waals surface area contributed by atoms with Gasteiger partial charge in [0.25, 0.3) is 0 Å². The Kier molecular flexibility index (Phi) is 3.71. The number of ether oxygens (including phenoxy) is 1. The van der Waals surface area contributed by atoms with Gasteiger partial charge in [-0.2, -0.15) is 0 Å². The van der Waals surface area contributed by atoms with Gasteiger partial charge in [0.05, 0.1) is 13.2 Å². The molecule has 1 N–H and O–H groups in total. The number of carbonyl (C=O) groups is 1. The van der Waals surface area contributed by atoms with E-state index in [1.54, 1.807) is 0 Å². The number of esters is 1. The van der Waals surface area contributed by atoms with E-state index in [4.69, 9.17) is 4.74 Å². The summed E-state index contributed by atoms with van der Waals surface area (Å²) in [5.41, 5.74) is 2.83. The minimum absolute atomic E-state index is 0.135. The monoisotopic (exact) mass is 247 g/mol. The fourth-order valence-electron chi connectivity index (χ4n) is 2.77. The number of fused-ring (bicyclic) bond motifs is 1. The summed E-state index contributed by atoms with van der Waals surface area (Å²) in [6, 6.07) is 8.66. The first-order valence-corrected chi connectivity index (χ1v) is 6.51. The van der Waals surface area contributed by atoms with Crippen molar-refractivity contribution in [2.75, 3.05) is 13.2 Å². The Morgan fingerprint density at radius 2 is 2.17 bits per heavy atom. The molecule has 1 unspecified atom stereocenters. The molecule has 0 heterocycles. The van der Waals surface area contributed by atoms with Crippen LogP contribution in [-0.2, 0) is 16.0 Å². The van der Waals surface area contributed by atoms with Crippen LogP contribution in [0.5, 0.6) is 0 Å². The van der Waals surface area contributed by atoms with E-state index in [0.29, 0.717) is 6.61 Å². The number of rotatable bonds is 4. The molecular weight excluding hydrogens is 226 g/mol. The van der Waals surface area contributed by atoms with Crippen molar-refractivity contribution in [1.29, 1.82) is 0 Å². The molecule has 1 aromatic rings. The third-order valence-corrected chi connectivity index (χ3v) is 3.55. The van der Waals surface area contributed by atoms with Gasteiger partial charge in [0, 0.05) is 6.04 Å². The maximum atomic E-state index is 11.4. The van der Waals surface area contributed by atoms with Crippen molar-refractivity contribution in [2.24, 2.45) is 5.41 Å². The van der Waals surface area contributed by atoms with Gasteiger partial charge in [-0.05, 0) is 29.9 Å². The summed E-state index contributed by atoms with van der Waals surface area (Å²) >= 11 is 0. The van der Waals surface area contributed by atoms with Crippen molar-refractivity contribution < 1.29 is 9.53 Å². The van der Waals surface area contributed by atoms with Crippen molar-refractivity contribution >= 4 is 5.97 Å². The number of benzene rings is 1. The molecule has 1 aliphatic carbocycles. The summed E-state index contributed by atoms with van der Waals surface area (Å²) in [6.07, 6.45) is 1.05. The lowest BCUT2D eigenvalue weighted by Crippen LogP contribution is -2.35. The first-order chi connectivity index (χ1) is 8.54. The van der Waals surface area contributed by atoms with Crippen molar-refractivity contribution in [2.45, 2.75) is 33.2 Å². The molecule has 1 aliphatic rings. The maximum absolute atomic E-state index is 11.4. The third-order valence-electron chi connectivity index (χ3n) is 3.55. The van der Waals surface area contributed by atoms with E-state index in [9.17, 15) is 4.79 Å². The van der Waals surface area contributed by atoms with Gasteiger partial charge >= 0.3 is 5.97 Å². The van der Waals surface area contributed by atoms with Crippen LogP contribution in [0.3, 0.4) is 0 Å². The zero-order valence-electron chi connectivity index (χ0n) is 11.3. The van der Waals surface area contributed by atoms with E-state index in [0.717, 1.165) is 6.42 Å². The predicted molar refractivity (Wildman–Crippen MR) is 71.3 cm³/mol. The quantitative estimate of drug-likeness (QED) is 0.831. The Hall–Kier alpha value is -1.35. The maximum Gasteiger partial charge on any atom is 0.319 e. The highest BCUT2D eigenvalue weighted by Crippen LogP contribution is 2.44. The van der Waals surface area contributed by atoms with E-state index in [1.807, 2.05) is 6.92 Å². The molecule has 2 rings (SSSR count). The normalized spacial score (nSPS) is 20.5.